The molecule has 174 valence electrons. The molecule has 3 aromatic rings. The minimum Gasteiger partial charge on any atom is -0.441 e. The number of carbonyl (C=O) groups is 1. The van der Waals surface area contributed by atoms with Crippen LogP contribution in [0.3, 0.4) is 0 Å². The molecular formula is C21H23ClN6O4S. The molecule has 1 saturated carbocycles. The molecule has 1 fully saturated rings. The van der Waals surface area contributed by atoms with E-state index in [-0.39, 0.29) is 11.1 Å². The van der Waals surface area contributed by atoms with E-state index in [0.29, 0.717) is 46.2 Å². The zero-order valence-electron chi connectivity index (χ0n) is 18.2. The summed E-state index contributed by atoms with van der Waals surface area (Å²) in [6.45, 7) is 3.41. The highest BCUT2D eigenvalue weighted by molar-refractivity contribution is 7.93. The highest BCUT2D eigenvalue weighted by Gasteiger charge is 2.36. The first-order valence-corrected chi connectivity index (χ1v) is 12.2. The van der Waals surface area contributed by atoms with E-state index in [1.165, 1.54) is 4.68 Å². The van der Waals surface area contributed by atoms with Crippen LogP contribution in [0.2, 0.25) is 5.02 Å². The summed E-state index contributed by atoms with van der Waals surface area (Å²) in [6, 6.07) is 10.3. The van der Waals surface area contributed by atoms with Crippen LogP contribution < -0.4 is 10.0 Å². The molecule has 4 rings (SSSR count). The second-order valence-electron chi connectivity index (χ2n) is 7.78. The number of pyridine rings is 1. The Morgan fingerprint density at radius 2 is 1.97 bits per heavy atom. The van der Waals surface area contributed by atoms with E-state index in [0.717, 1.165) is 0 Å². The standard InChI is InChI=1S/C21H23ClN6O4S/c1-12-17(26-33(30,31)14-8-9-14)10-11-18(23-12)19-20(28(3)27-25-19)24-21(29)32-13(2)15-6-4-5-7-16(15)22/h4-7,10-11,13-14,26H,8-9H2,1-3H3,(H,24,29)/t13-/m1/s1. The summed E-state index contributed by atoms with van der Waals surface area (Å²) in [7, 11) is -1.78. The topological polar surface area (TPSA) is 128 Å². The molecule has 0 bridgehead atoms. The molecule has 1 amide bonds. The van der Waals surface area contributed by atoms with Crippen molar-refractivity contribution in [2.45, 2.75) is 38.0 Å². The van der Waals surface area contributed by atoms with Crippen molar-refractivity contribution in [2.24, 2.45) is 7.05 Å². The van der Waals surface area contributed by atoms with Crippen molar-refractivity contribution in [3.63, 3.8) is 0 Å². The molecule has 0 spiro atoms. The van der Waals surface area contributed by atoms with Crippen molar-refractivity contribution in [2.75, 3.05) is 10.0 Å². The molecule has 0 unspecified atom stereocenters. The van der Waals surface area contributed by atoms with Gasteiger partial charge < -0.3 is 4.74 Å². The predicted octanol–water partition coefficient (Wildman–Crippen LogP) is 4.05. The molecule has 1 aromatic carbocycles. The highest BCUT2D eigenvalue weighted by atomic mass is 35.5. The molecule has 33 heavy (non-hydrogen) atoms. The van der Waals surface area contributed by atoms with Gasteiger partial charge in [-0.25, -0.2) is 22.9 Å². The number of carbonyl (C=O) groups excluding carboxylic acids is 1. The predicted molar refractivity (Wildman–Crippen MR) is 125 cm³/mol. The maximum Gasteiger partial charge on any atom is 0.413 e. The quantitative estimate of drug-likeness (QED) is 0.511. The summed E-state index contributed by atoms with van der Waals surface area (Å²) < 4.78 is 33.9. The molecule has 2 N–H and O–H groups in total. The van der Waals surface area contributed by atoms with E-state index in [4.69, 9.17) is 16.3 Å². The van der Waals surface area contributed by atoms with Gasteiger partial charge in [-0.15, -0.1) is 5.10 Å². The Kier molecular flexibility index (Phi) is 6.26. The first-order chi connectivity index (χ1) is 15.7. The normalized spacial score (nSPS) is 14.5. The van der Waals surface area contributed by atoms with Gasteiger partial charge in [0.05, 0.1) is 22.3 Å². The largest absolute Gasteiger partial charge is 0.441 e. The van der Waals surface area contributed by atoms with Gasteiger partial charge in [0, 0.05) is 17.6 Å². The number of nitrogens with zero attached hydrogens (tertiary/aromatic N) is 4. The molecule has 1 atom stereocenters. The second kappa shape index (κ2) is 8.99. The fourth-order valence-electron chi connectivity index (χ4n) is 3.24. The minimum atomic E-state index is -3.40. The third-order valence-electron chi connectivity index (χ3n) is 5.22. The van der Waals surface area contributed by atoms with E-state index in [1.807, 2.05) is 6.07 Å². The molecule has 2 aromatic heterocycles. The first-order valence-electron chi connectivity index (χ1n) is 10.3. The van der Waals surface area contributed by atoms with Crippen molar-refractivity contribution in [1.82, 2.24) is 20.0 Å². The van der Waals surface area contributed by atoms with E-state index in [1.54, 1.807) is 51.2 Å². The lowest BCUT2D eigenvalue weighted by molar-refractivity contribution is 0.121. The summed E-state index contributed by atoms with van der Waals surface area (Å²) >= 11 is 6.18. The maximum absolute atomic E-state index is 12.5. The number of benzene rings is 1. The number of anilines is 2. The Labute approximate surface area is 196 Å². The van der Waals surface area contributed by atoms with E-state index in [9.17, 15) is 13.2 Å². The van der Waals surface area contributed by atoms with Crippen LogP contribution in [0, 0.1) is 6.92 Å². The Morgan fingerprint density at radius 3 is 2.64 bits per heavy atom. The number of hydrogen-bond acceptors (Lipinski definition) is 7. The van der Waals surface area contributed by atoms with Crippen LogP contribution in [0.1, 0.15) is 37.1 Å². The molecule has 1 aliphatic rings. The van der Waals surface area contributed by atoms with Gasteiger partial charge in [0.1, 0.15) is 6.10 Å². The van der Waals surface area contributed by atoms with Crippen LogP contribution in [-0.2, 0) is 21.8 Å². The van der Waals surface area contributed by atoms with Crippen LogP contribution >= 0.6 is 11.6 Å². The number of hydrogen-bond donors (Lipinski definition) is 2. The number of nitrogens with one attached hydrogen (secondary N) is 2. The average Bonchev–Trinajstić information content (AvgIpc) is 3.56. The van der Waals surface area contributed by atoms with Crippen molar-refractivity contribution in [3.05, 3.63) is 52.7 Å². The third-order valence-corrected chi connectivity index (χ3v) is 7.42. The van der Waals surface area contributed by atoms with Crippen LogP contribution in [0.5, 0.6) is 0 Å². The zero-order valence-corrected chi connectivity index (χ0v) is 19.8. The van der Waals surface area contributed by atoms with Gasteiger partial charge >= 0.3 is 6.09 Å². The molecule has 12 heteroatoms. The SMILES string of the molecule is Cc1nc(-c2nnn(C)c2NC(=O)O[C@H](C)c2ccccc2Cl)ccc1NS(=O)(=O)C1CC1. The maximum atomic E-state index is 12.5. The van der Waals surface area contributed by atoms with Crippen LogP contribution in [-0.4, -0.2) is 39.7 Å². The second-order valence-corrected chi connectivity index (χ2v) is 10.1. The van der Waals surface area contributed by atoms with E-state index >= 15 is 0 Å². The fraction of sp³-hybridized carbons (Fsp3) is 0.333. The summed E-state index contributed by atoms with van der Waals surface area (Å²) in [6.07, 6.45) is 0.0430. The molecule has 2 heterocycles. The molecule has 0 aliphatic heterocycles. The highest BCUT2D eigenvalue weighted by Crippen LogP contribution is 2.32. The van der Waals surface area contributed by atoms with Crippen LogP contribution in [0.4, 0.5) is 16.3 Å². The van der Waals surface area contributed by atoms with Crippen LogP contribution in [0.25, 0.3) is 11.4 Å². The van der Waals surface area contributed by atoms with Gasteiger partial charge in [-0.1, -0.05) is 35.0 Å². The summed E-state index contributed by atoms with van der Waals surface area (Å²) in [5.41, 5.74) is 2.29. The van der Waals surface area contributed by atoms with E-state index in [2.05, 4.69) is 25.3 Å². The average molecular weight is 491 g/mol. The van der Waals surface area contributed by atoms with Gasteiger partial charge in [0.15, 0.2) is 11.5 Å². The molecule has 0 radical (unpaired) electrons. The minimum absolute atomic E-state index is 0.282. The third kappa shape index (κ3) is 5.09. The smallest absolute Gasteiger partial charge is 0.413 e. The Morgan fingerprint density at radius 1 is 1.24 bits per heavy atom. The van der Waals surface area contributed by atoms with Crippen molar-refractivity contribution >= 4 is 39.2 Å². The molecule has 0 saturated heterocycles. The van der Waals surface area contributed by atoms with Gasteiger partial charge in [0.25, 0.3) is 0 Å². The number of sulfonamides is 1. The fourth-order valence-corrected chi connectivity index (χ4v) is 4.98. The van der Waals surface area contributed by atoms with Gasteiger partial charge in [-0.3, -0.25) is 10.0 Å². The number of rotatable bonds is 7. The Bertz CT molecular complexity index is 1310. The Hall–Kier alpha value is -3.18. The van der Waals surface area contributed by atoms with Crippen LogP contribution in [0.15, 0.2) is 36.4 Å². The van der Waals surface area contributed by atoms with Gasteiger partial charge in [-0.2, -0.15) is 0 Å². The number of ether oxygens (including phenoxy) is 1. The molecule has 1 aliphatic carbocycles. The zero-order chi connectivity index (χ0) is 23.8. The Balaban J connectivity index is 1.51. The van der Waals surface area contributed by atoms with Gasteiger partial charge in [-0.05, 0) is 44.9 Å². The number of aromatic nitrogens is 4. The van der Waals surface area contributed by atoms with Gasteiger partial charge in [0.2, 0.25) is 10.0 Å². The van der Waals surface area contributed by atoms with Crippen molar-refractivity contribution in [1.29, 1.82) is 0 Å². The summed E-state index contributed by atoms with van der Waals surface area (Å²) in [5, 5.41) is 10.9. The molecule has 10 nitrogen and oxygen atoms in total. The lowest BCUT2D eigenvalue weighted by Gasteiger charge is -2.16. The number of amides is 1. The first kappa shape index (κ1) is 23.0. The summed E-state index contributed by atoms with van der Waals surface area (Å²) in [5.74, 6) is 0.282. The monoisotopic (exact) mass is 490 g/mol. The molecular weight excluding hydrogens is 468 g/mol. The number of halogens is 1. The summed E-state index contributed by atoms with van der Waals surface area (Å²) in [4.78, 5) is 17.0. The lowest BCUT2D eigenvalue weighted by atomic mass is 10.1. The van der Waals surface area contributed by atoms with Crippen molar-refractivity contribution in [3.8, 4) is 11.4 Å². The van der Waals surface area contributed by atoms with E-state index < -0.39 is 22.2 Å². The van der Waals surface area contributed by atoms with Crippen molar-refractivity contribution < 1.29 is 17.9 Å². The number of aryl methyl sites for hydroxylation is 2. The lowest BCUT2D eigenvalue weighted by Crippen LogP contribution is -2.19.